The van der Waals surface area contributed by atoms with E-state index in [0.29, 0.717) is 22.5 Å². The molecule has 0 radical (unpaired) electrons. The Balaban J connectivity index is 1.64. The summed E-state index contributed by atoms with van der Waals surface area (Å²) in [6.45, 7) is 0. The monoisotopic (exact) mass is 616 g/mol. The van der Waals surface area contributed by atoms with Gasteiger partial charge in [-0.3, -0.25) is 0 Å². The number of alkyl halides is 9. The number of halogens is 9. The summed E-state index contributed by atoms with van der Waals surface area (Å²) in [7, 11) is 0. The van der Waals surface area contributed by atoms with Crippen molar-refractivity contribution in [2.45, 2.75) is 27.0 Å². The highest BCUT2D eigenvalue weighted by Crippen LogP contribution is 2.38. The second-order valence-electron chi connectivity index (χ2n) is 8.35. The third-order valence-electron chi connectivity index (χ3n) is 5.29. The van der Waals surface area contributed by atoms with Crippen molar-refractivity contribution in [1.82, 2.24) is 9.78 Å². The van der Waals surface area contributed by atoms with Gasteiger partial charge in [0.05, 0.1) is 22.6 Å². The zero-order valence-electron chi connectivity index (χ0n) is 20.4. The van der Waals surface area contributed by atoms with Crippen molar-refractivity contribution in [1.29, 1.82) is 0 Å². The maximum absolute atomic E-state index is 13.3. The lowest BCUT2D eigenvalue weighted by Gasteiger charge is -2.10. The molecule has 4 rings (SSSR count). The summed E-state index contributed by atoms with van der Waals surface area (Å²) >= 11 is -0.494. The summed E-state index contributed by atoms with van der Waals surface area (Å²) in [5, 5.41) is 4.38. The van der Waals surface area contributed by atoms with Crippen LogP contribution in [0.2, 0.25) is 0 Å². The standard InChI is InChI=1S/C28H17F9N2S2/c29-26(30,31)20-2-1-3-22(16-20)39-23(11-5-19-8-14-25(15-9-19)41-28(35,36)37)17-21(38-39)10-4-18-6-12-24(13-7-18)40-27(32,33)34/h1-17H/b10-4+,11-5+. The zero-order valence-corrected chi connectivity index (χ0v) is 22.1. The summed E-state index contributed by atoms with van der Waals surface area (Å²) in [6, 6.07) is 17.2. The van der Waals surface area contributed by atoms with Crippen LogP contribution in [0.1, 0.15) is 28.1 Å². The van der Waals surface area contributed by atoms with Gasteiger partial charge in [0.1, 0.15) is 0 Å². The smallest absolute Gasteiger partial charge is 0.233 e. The largest absolute Gasteiger partial charge is 0.446 e. The van der Waals surface area contributed by atoms with Gasteiger partial charge in [-0.2, -0.15) is 44.6 Å². The lowest BCUT2D eigenvalue weighted by atomic mass is 10.1. The highest BCUT2D eigenvalue weighted by molar-refractivity contribution is 8.00. The van der Waals surface area contributed by atoms with Crippen LogP contribution in [0.4, 0.5) is 39.5 Å². The number of rotatable bonds is 7. The Morgan fingerprint density at radius 2 is 1.10 bits per heavy atom. The second kappa shape index (κ2) is 12.1. The van der Waals surface area contributed by atoms with Gasteiger partial charge in [-0.1, -0.05) is 42.5 Å². The van der Waals surface area contributed by atoms with E-state index in [-0.39, 0.29) is 39.0 Å². The van der Waals surface area contributed by atoms with Crippen molar-refractivity contribution in [2.24, 2.45) is 0 Å². The van der Waals surface area contributed by atoms with Gasteiger partial charge in [0, 0.05) is 9.79 Å². The molecular weight excluding hydrogens is 599 g/mol. The van der Waals surface area contributed by atoms with Crippen LogP contribution in [-0.4, -0.2) is 20.8 Å². The van der Waals surface area contributed by atoms with Crippen LogP contribution in [-0.2, 0) is 6.18 Å². The molecule has 0 N–H and O–H groups in total. The normalized spacial score (nSPS) is 13.0. The van der Waals surface area contributed by atoms with E-state index in [0.717, 1.165) is 12.1 Å². The van der Waals surface area contributed by atoms with Crippen molar-refractivity contribution in [3.05, 3.63) is 107 Å². The van der Waals surface area contributed by atoms with Crippen molar-refractivity contribution < 1.29 is 39.5 Å². The molecule has 0 spiro atoms. The van der Waals surface area contributed by atoms with E-state index in [1.807, 2.05) is 0 Å². The molecule has 0 aliphatic heterocycles. The molecule has 0 fully saturated rings. The summed E-state index contributed by atoms with van der Waals surface area (Å²) in [6.07, 6.45) is 1.68. The molecule has 41 heavy (non-hydrogen) atoms. The van der Waals surface area contributed by atoms with Gasteiger partial charge in [0.25, 0.3) is 0 Å². The summed E-state index contributed by atoms with van der Waals surface area (Å²) in [4.78, 5) is 0.0158. The maximum atomic E-state index is 13.3. The van der Waals surface area contributed by atoms with Crippen LogP contribution in [0.5, 0.6) is 0 Å². The van der Waals surface area contributed by atoms with Crippen LogP contribution in [0.15, 0.2) is 88.7 Å². The number of nitrogens with zero attached hydrogens (tertiary/aromatic N) is 2. The molecule has 0 amide bonds. The highest BCUT2D eigenvalue weighted by Gasteiger charge is 2.31. The zero-order chi connectivity index (χ0) is 29.8. The lowest BCUT2D eigenvalue weighted by molar-refractivity contribution is -0.137. The van der Waals surface area contributed by atoms with Crippen LogP contribution in [0.25, 0.3) is 30.0 Å². The fraction of sp³-hybridized carbons (Fsp3) is 0.107. The second-order valence-corrected chi connectivity index (χ2v) is 10.6. The minimum Gasteiger partial charge on any atom is -0.233 e. The molecule has 4 aromatic rings. The molecule has 214 valence electrons. The van der Waals surface area contributed by atoms with Gasteiger partial charge in [0.2, 0.25) is 0 Å². The molecule has 0 aliphatic rings. The first-order valence-corrected chi connectivity index (χ1v) is 13.1. The first kappa shape index (κ1) is 30.4. The van der Waals surface area contributed by atoms with Crippen molar-refractivity contribution >= 4 is 47.8 Å². The van der Waals surface area contributed by atoms with E-state index in [2.05, 4.69) is 5.10 Å². The Kier molecular flexibility index (Phi) is 8.97. The summed E-state index contributed by atoms with van der Waals surface area (Å²) in [5.74, 6) is 0. The van der Waals surface area contributed by atoms with Gasteiger partial charge >= 0.3 is 17.2 Å². The minimum absolute atomic E-state index is 0.00103. The molecule has 0 atom stereocenters. The average Bonchev–Trinajstić information content (AvgIpc) is 3.29. The molecule has 1 heterocycles. The molecule has 0 aliphatic carbocycles. The van der Waals surface area contributed by atoms with Crippen molar-refractivity contribution in [2.75, 3.05) is 0 Å². The third-order valence-corrected chi connectivity index (χ3v) is 6.77. The molecule has 1 aromatic heterocycles. The molecule has 2 nitrogen and oxygen atoms in total. The maximum Gasteiger partial charge on any atom is 0.446 e. The minimum atomic E-state index is -4.59. The van der Waals surface area contributed by atoms with E-state index in [4.69, 9.17) is 0 Å². The highest BCUT2D eigenvalue weighted by atomic mass is 32.2. The first-order valence-electron chi connectivity index (χ1n) is 11.5. The topological polar surface area (TPSA) is 17.8 Å². The van der Waals surface area contributed by atoms with Crippen molar-refractivity contribution in [3.8, 4) is 5.69 Å². The van der Waals surface area contributed by atoms with Gasteiger partial charge in [0.15, 0.2) is 0 Å². The van der Waals surface area contributed by atoms with Crippen LogP contribution >= 0.6 is 23.5 Å². The predicted octanol–water partition coefficient (Wildman–Crippen LogP) is 10.5. The number of hydrogen-bond acceptors (Lipinski definition) is 3. The van der Waals surface area contributed by atoms with E-state index in [1.54, 1.807) is 30.4 Å². The fourth-order valence-corrected chi connectivity index (χ4v) is 4.64. The van der Waals surface area contributed by atoms with Crippen LogP contribution in [0, 0.1) is 0 Å². The molecule has 0 saturated carbocycles. The van der Waals surface area contributed by atoms with Gasteiger partial charge in [-0.15, -0.1) is 0 Å². The molecule has 0 unspecified atom stereocenters. The third kappa shape index (κ3) is 9.22. The Hall–Kier alpha value is -3.58. The van der Waals surface area contributed by atoms with E-state index < -0.39 is 22.8 Å². The van der Waals surface area contributed by atoms with E-state index >= 15 is 0 Å². The number of thioether (sulfide) groups is 2. The molecule has 3 aromatic carbocycles. The first-order chi connectivity index (χ1) is 19.1. The SMILES string of the molecule is FC(F)(F)Sc1ccc(/C=C/c2cc(/C=C/c3ccc(SC(F)(F)F)cc3)n(-c3cccc(C(F)(F)F)c3)n2)cc1. The Morgan fingerprint density at radius 3 is 1.59 bits per heavy atom. The summed E-state index contributed by atoms with van der Waals surface area (Å²) in [5.41, 5.74) is -7.79. The Bertz CT molecular complexity index is 1530. The predicted molar refractivity (Wildman–Crippen MR) is 143 cm³/mol. The number of hydrogen-bond donors (Lipinski definition) is 0. The van der Waals surface area contributed by atoms with E-state index in [9.17, 15) is 39.5 Å². The van der Waals surface area contributed by atoms with Gasteiger partial charge < -0.3 is 0 Å². The van der Waals surface area contributed by atoms with Crippen LogP contribution in [0.3, 0.4) is 0 Å². The number of benzene rings is 3. The van der Waals surface area contributed by atoms with Crippen LogP contribution < -0.4 is 0 Å². The molecule has 0 bridgehead atoms. The number of aromatic nitrogens is 2. The van der Waals surface area contributed by atoms with Gasteiger partial charge in [-0.05, 0) is 95.3 Å². The van der Waals surface area contributed by atoms with Crippen molar-refractivity contribution in [3.63, 3.8) is 0 Å². The average molecular weight is 617 g/mol. The molecule has 0 saturated heterocycles. The molecule has 13 heteroatoms. The quantitative estimate of drug-likeness (QED) is 0.152. The van der Waals surface area contributed by atoms with E-state index in [1.165, 1.54) is 65.3 Å². The lowest BCUT2D eigenvalue weighted by Crippen LogP contribution is -2.07. The van der Waals surface area contributed by atoms with Gasteiger partial charge in [-0.25, -0.2) is 4.68 Å². The Labute approximate surface area is 236 Å². The molecular formula is C28H17F9N2S2. The summed E-state index contributed by atoms with van der Waals surface area (Å²) < 4.78 is 117. The Morgan fingerprint density at radius 1 is 0.585 bits per heavy atom. The fourth-order valence-electron chi connectivity index (χ4n) is 3.56.